The Hall–Kier alpha value is -2.04. The topological polar surface area (TPSA) is 38.1 Å². The van der Waals surface area contributed by atoms with Gasteiger partial charge < -0.3 is 9.73 Å². The zero-order valence-corrected chi connectivity index (χ0v) is 13.8. The van der Waals surface area contributed by atoms with E-state index in [0.717, 1.165) is 47.5 Å². The van der Waals surface area contributed by atoms with E-state index in [1.807, 2.05) is 18.3 Å². The predicted octanol–water partition coefficient (Wildman–Crippen LogP) is 4.59. The molecule has 0 amide bonds. The summed E-state index contributed by atoms with van der Waals surface area (Å²) >= 11 is 1.74. The molecule has 0 atom stereocenters. The largest absolute Gasteiger partial charge is 0.454 e. The van der Waals surface area contributed by atoms with Gasteiger partial charge in [-0.05, 0) is 43.0 Å². The van der Waals surface area contributed by atoms with E-state index in [-0.39, 0.29) is 0 Å². The average molecular weight is 322 g/mol. The van der Waals surface area contributed by atoms with Crippen LogP contribution < -0.4 is 5.32 Å². The molecule has 0 aliphatic carbocycles. The van der Waals surface area contributed by atoms with Crippen LogP contribution in [0.3, 0.4) is 0 Å². The molecule has 0 saturated heterocycles. The van der Waals surface area contributed by atoms with Crippen molar-refractivity contribution < 1.29 is 4.42 Å². The summed E-state index contributed by atoms with van der Waals surface area (Å²) in [4.78, 5) is 5.72. The molecular weight excluding hydrogens is 304 g/mol. The minimum atomic E-state index is 0.872. The maximum atomic E-state index is 6.17. The van der Waals surface area contributed by atoms with E-state index in [1.54, 1.807) is 11.8 Å². The van der Waals surface area contributed by atoms with E-state index < -0.39 is 0 Å². The first-order valence-electron chi connectivity index (χ1n) is 7.78. The van der Waals surface area contributed by atoms with E-state index in [2.05, 4.69) is 46.9 Å². The van der Waals surface area contributed by atoms with Crippen molar-refractivity contribution in [3.05, 3.63) is 54.2 Å². The van der Waals surface area contributed by atoms with Gasteiger partial charge in [0.05, 0.1) is 0 Å². The van der Waals surface area contributed by atoms with Gasteiger partial charge in [-0.2, -0.15) is 0 Å². The number of pyridine rings is 1. The fourth-order valence-corrected chi connectivity index (χ4v) is 3.35. The van der Waals surface area contributed by atoms with Crippen molar-refractivity contribution in [3.8, 4) is 11.3 Å². The smallest absolute Gasteiger partial charge is 0.160 e. The fraction of sp³-hybridized carbons (Fsp3) is 0.211. The van der Waals surface area contributed by atoms with Crippen molar-refractivity contribution in [2.75, 3.05) is 19.3 Å². The number of thioether (sulfide) groups is 1. The van der Waals surface area contributed by atoms with Crippen LogP contribution in [0.4, 0.5) is 0 Å². The highest BCUT2D eigenvalue weighted by Gasteiger charge is 2.15. The van der Waals surface area contributed by atoms with E-state index in [1.165, 1.54) is 10.5 Å². The minimum absolute atomic E-state index is 0.872. The van der Waals surface area contributed by atoms with Gasteiger partial charge in [-0.3, -0.25) is 4.98 Å². The lowest BCUT2D eigenvalue weighted by Crippen LogP contribution is -2.21. The third kappa shape index (κ3) is 2.80. The van der Waals surface area contributed by atoms with E-state index in [9.17, 15) is 0 Å². The Kier molecular flexibility index (Phi) is 3.93. The molecule has 1 aromatic carbocycles. The lowest BCUT2D eigenvalue weighted by molar-refractivity contribution is 0.629. The van der Waals surface area contributed by atoms with Crippen molar-refractivity contribution in [2.24, 2.45) is 0 Å². The molecule has 0 unspecified atom stereocenters. The predicted molar refractivity (Wildman–Crippen MR) is 96.7 cm³/mol. The van der Waals surface area contributed by atoms with E-state index >= 15 is 0 Å². The summed E-state index contributed by atoms with van der Waals surface area (Å²) in [5, 5.41) is 3.42. The maximum absolute atomic E-state index is 6.17. The summed E-state index contributed by atoms with van der Waals surface area (Å²) in [6.45, 7) is 1.93. The Morgan fingerprint density at radius 3 is 2.78 bits per heavy atom. The summed E-state index contributed by atoms with van der Waals surface area (Å²) in [7, 11) is 0. The number of benzene rings is 1. The number of furan rings is 1. The lowest BCUT2D eigenvalue weighted by Gasteiger charge is -2.14. The Morgan fingerprint density at radius 1 is 1.17 bits per heavy atom. The molecule has 3 heterocycles. The summed E-state index contributed by atoms with van der Waals surface area (Å²) < 4.78 is 6.17. The van der Waals surface area contributed by atoms with Gasteiger partial charge in [0.2, 0.25) is 0 Å². The van der Waals surface area contributed by atoms with Gasteiger partial charge in [-0.1, -0.05) is 18.2 Å². The van der Waals surface area contributed by atoms with Gasteiger partial charge in [-0.15, -0.1) is 11.8 Å². The standard InChI is InChI=1S/C19H18N2OS/c1-23-15-6-4-13(5-7-15)18-11-17-19(22-18)16(8-10-21-17)14-3-2-9-20-12-14/h3-8,10-11,20H,2,9,12H2,1H3. The molecule has 4 heteroatoms. The van der Waals surface area contributed by atoms with Crippen LogP contribution in [0.5, 0.6) is 0 Å². The first kappa shape index (κ1) is 14.5. The van der Waals surface area contributed by atoms with Crippen LogP contribution in [0, 0.1) is 0 Å². The van der Waals surface area contributed by atoms with E-state index in [4.69, 9.17) is 4.42 Å². The van der Waals surface area contributed by atoms with Crippen LogP contribution >= 0.6 is 11.8 Å². The summed E-state index contributed by atoms with van der Waals surface area (Å²) in [5.41, 5.74) is 5.32. The van der Waals surface area contributed by atoms with Crippen LogP contribution in [-0.2, 0) is 0 Å². The SMILES string of the molecule is CSc1ccc(-c2cc3nccc(C4=CCCNC4)c3o2)cc1. The molecule has 1 aliphatic rings. The van der Waals surface area contributed by atoms with Crippen LogP contribution in [0.15, 0.2) is 58.0 Å². The third-order valence-corrected chi connectivity index (χ3v) is 4.90. The Labute approximate surface area is 139 Å². The number of nitrogens with one attached hydrogen (secondary N) is 1. The monoisotopic (exact) mass is 322 g/mol. The number of rotatable bonds is 3. The van der Waals surface area contributed by atoms with Gasteiger partial charge >= 0.3 is 0 Å². The number of hydrogen-bond donors (Lipinski definition) is 1. The van der Waals surface area contributed by atoms with Crippen molar-refractivity contribution in [2.45, 2.75) is 11.3 Å². The zero-order valence-electron chi connectivity index (χ0n) is 13.0. The van der Waals surface area contributed by atoms with Crippen LogP contribution in [0.25, 0.3) is 28.0 Å². The quantitative estimate of drug-likeness (QED) is 0.716. The van der Waals surface area contributed by atoms with Crippen LogP contribution in [0.2, 0.25) is 0 Å². The highest BCUT2D eigenvalue weighted by molar-refractivity contribution is 7.98. The molecule has 4 rings (SSSR count). The molecular formula is C19H18N2OS. The molecule has 3 nitrogen and oxygen atoms in total. The minimum Gasteiger partial charge on any atom is -0.454 e. The third-order valence-electron chi connectivity index (χ3n) is 4.16. The molecule has 1 aliphatic heterocycles. The molecule has 0 radical (unpaired) electrons. The Morgan fingerprint density at radius 2 is 2.04 bits per heavy atom. The van der Waals surface area contributed by atoms with Gasteiger partial charge in [0.1, 0.15) is 11.3 Å². The van der Waals surface area contributed by atoms with Gasteiger partial charge in [0.25, 0.3) is 0 Å². The van der Waals surface area contributed by atoms with E-state index in [0.29, 0.717) is 0 Å². The van der Waals surface area contributed by atoms with Gasteiger partial charge in [-0.25, -0.2) is 0 Å². The lowest BCUT2D eigenvalue weighted by atomic mass is 10.0. The van der Waals surface area contributed by atoms with Crippen molar-refractivity contribution in [1.82, 2.24) is 10.3 Å². The number of aromatic nitrogens is 1. The van der Waals surface area contributed by atoms with Gasteiger partial charge in [0.15, 0.2) is 5.58 Å². The van der Waals surface area contributed by atoms with Crippen molar-refractivity contribution >= 4 is 28.4 Å². The molecule has 3 aromatic rings. The van der Waals surface area contributed by atoms with Crippen LogP contribution in [0.1, 0.15) is 12.0 Å². The molecule has 0 saturated carbocycles. The summed E-state index contributed by atoms with van der Waals surface area (Å²) in [5.74, 6) is 0.872. The van der Waals surface area contributed by atoms with Crippen molar-refractivity contribution in [3.63, 3.8) is 0 Å². The molecule has 116 valence electrons. The number of fused-ring (bicyclic) bond motifs is 1. The molecule has 23 heavy (non-hydrogen) atoms. The maximum Gasteiger partial charge on any atom is 0.160 e. The summed E-state index contributed by atoms with van der Waals surface area (Å²) in [6, 6.07) is 12.5. The fourth-order valence-electron chi connectivity index (χ4n) is 2.94. The highest BCUT2D eigenvalue weighted by Crippen LogP contribution is 2.32. The summed E-state index contributed by atoms with van der Waals surface area (Å²) in [6.07, 6.45) is 7.30. The highest BCUT2D eigenvalue weighted by atomic mass is 32.2. The first-order chi connectivity index (χ1) is 11.3. The average Bonchev–Trinajstić information content (AvgIpc) is 3.06. The molecule has 2 aromatic heterocycles. The second kappa shape index (κ2) is 6.22. The van der Waals surface area contributed by atoms with Gasteiger partial charge in [0, 0.05) is 34.8 Å². The normalized spacial score (nSPS) is 14.9. The zero-order chi connectivity index (χ0) is 15.6. The van der Waals surface area contributed by atoms with Crippen LogP contribution in [-0.4, -0.2) is 24.3 Å². The second-order valence-corrected chi connectivity index (χ2v) is 6.49. The Balaban J connectivity index is 1.79. The Bertz CT molecular complexity index is 865. The number of nitrogens with zero attached hydrogens (tertiary/aromatic N) is 1. The first-order valence-corrected chi connectivity index (χ1v) is 9.01. The second-order valence-electron chi connectivity index (χ2n) is 5.61. The van der Waals surface area contributed by atoms with Crippen molar-refractivity contribution in [1.29, 1.82) is 0 Å². The molecule has 0 fully saturated rings. The molecule has 1 N–H and O–H groups in total. The molecule has 0 bridgehead atoms. The number of hydrogen-bond acceptors (Lipinski definition) is 4. The molecule has 0 spiro atoms.